The second-order valence-corrected chi connectivity index (χ2v) is 9.77. The summed E-state index contributed by atoms with van der Waals surface area (Å²) in [5.41, 5.74) is -0.587. The van der Waals surface area contributed by atoms with Crippen LogP contribution >= 0.6 is 0 Å². The minimum Gasteiger partial charge on any atom is -0.444 e. The normalized spacial score (nSPS) is 27.7. The van der Waals surface area contributed by atoms with Crippen LogP contribution in [0.1, 0.15) is 67.7 Å². The van der Waals surface area contributed by atoms with E-state index in [1.807, 2.05) is 39.5 Å². The molecule has 2 fully saturated rings. The highest BCUT2D eigenvalue weighted by molar-refractivity contribution is 5.69. The van der Waals surface area contributed by atoms with Gasteiger partial charge in [0.2, 0.25) is 0 Å². The van der Waals surface area contributed by atoms with Gasteiger partial charge in [-0.25, -0.2) is 4.79 Å². The minimum atomic E-state index is -0.451. The van der Waals surface area contributed by atoms with Gasteiger partial charge in [-0.15, -0.1) is 0 Å². The summed E-state index contributed by atoms with van der Waals surface area (Å²) < 4.78 is 16.9. The van der Waals surface area contributed by atoms with E-state index in [1.165, 1.54) is 0 Å². The fourth-order valence-corrected chi connectivity index (χ4v) is 3.86. The van der Waals surface area contributed by atoms with Gasteiger partial charge >= 0.3 is 6.09 Å². The number of nitrogens with zero attached hydrogens (tertiary/aromatic N) is 1. The molecule has 0 bridgehead atoms. The number of likely N-dealkylation sites (tertiary alicyclic amines) is 1. The van der Waals surface area contributed by atoms with Crippen LogP contribution in [0.25, 0.3) is 0 Å². The summed E-state index contributed by atoms with van der Waals surface area (Å²) in [4.78, 5) is 14.4. The Labute approximate surface area is 158 Å². The Balaban J connectivity index is 1.67. The number of carbonyl (C=O) groups is 1. The Morgan fingerprint density at radius 1 is 1.27 bits per heavy atom. The Kier molecular flexibility index (Phi) is 6.62. The van der Waals surface area contributed by atoms with Gasteiger partial charge in [0.25, 0.3) is 0 Å². The number of rotatable bonds is 6. The molecule has 0 aromatic heterocycles. The van der Waals surface area contributed by atoms with Crippen LogP contribution in [0.5, 0.6) is 0 Å². The van der Waals surface area contributed by atoms with E-state index in [1.54, 1.807) is 0 Å². The van der Waals surface area contributed by atoms with Crippen LogP contribution in [-0.2, 0) is 14.2 Å². The highest BCUT2D eigenvalue weighted by Gasteiger charge is 2.42. The number of nitrogens with one attached hydrogen (secondary N) is 1. The number of hydrogen-bond donors (Lipinski definition) is 1. The summed E-state index contributed by atoms with van der Waals surface area (Å²) in [5, 5.41) is 3.46. The second kappa shape index (κ2) is 8.03. The highest BCUT2D eigenvalue weighted by atomic mass is 16.7. The summed E-state index contributed by atoms with van der Waals surface area (Å²) in [6.45, 7) is 17.1. The van der Waals surface area contributed by atoms with Gasteiger partial charge in [0, 0.05) is 18.6 Å². The zero-order chi connectivity index (χ0) is 19.6. The zero-order valence-corrected chi connectivity index (χ0v) is 17.7. The molecule has 2 rings (SSSR count). The maximum absolute atomic E-state index is 12.5. The molecule has 2 saturated heterocycles. The Hall–Kier alpha value is -0.850. The predicted octanol–water partition coefficient (Wildman–Crippen LogP) is 3.54. The van der Waals surface area contributed by atoms with E-state index >= 15 is 0 Å². The van der Waals surface area contributed by atoms with Crippen molar-refractivity contribution in [2.75, 3.05) is 26.2 Å². The summed E-state index contributed by atoms with van der Waals surface area (Å²) in [6, 6.07) is 0. The molecule has 1 N–H and O–H groups in total. The van der Waals surface area contributed by atoms with Crippen LogP contribution in [0, 0.1) is 5.92 Å². The van der Waals surface area contributed by atoms with Crippen molar-refractivity contribution < 1.29 is 19.0 Å². The van der Waals surface area contributed by atoms with E-state index in [4.69, 9.17) is 14.2 Å². The lowest BCUT2D eigenvalue weighted by Gasteiger charge is -2.33. The van der Waals surface area contributed by atoms with Crippen LogP contribution in [0.4, 0.5) is 4.79 Å². The maximum Gasteiger partial charge on any atom is 0.410 e. The van der Waals surface area contributed by atoms with Gasteiger partial charge in [0.05, 0.1) is 12.7 Å². The number of amides is 1. The molecule has 2 heterocycles. The Morgan fingerprint density at radius 3 is 2.54 bits per heavy atom. The van der Waals surface area contributed by atoms with E-state index in [9.17, 15) is 4.79 Å². The third kappa shape index (κ3) is 6.39. The van der Waals surface area contributed by atoms with Gasteiger partial charge in [-0.1, -0.05) is 0 Å². The summed E-state index contributed by atoms with van der Waals surface area (Å²) >= 11 is 0. The van der Waals surface area contributed by atoms with Crippen molar-refractivity contribution in [3.05, 3.63) is 0 Å². The van der Waals surface area contributed by atoms with Crippen LogP contribution in [-0.4, -0.2) is 60.3 Å². The van der Waals surface area contributed by atoms with Crippen molar-refractivity contribution in [3.8, 4) is 0 Å². The fourth-order valence-electron chi connectivity index (χ4n) is 3.86. The molecule has 0 spiro atoms. The molecular weight excluding hydrogens is 332 g/mol. The van der Waals surface area contributed by atoms with Gasteiger partial charge in [-0.2, -0.15) is 0 Å². The predicted molar refractivity (Wildman–Crippen MR) is 102 cm³/mol. The quantitative estimate of drug-likeness (QED) is 0.725. The third-order valence-electron chi connectivity index (χ3n) is 4.98. The van der Waals surface area contributed by atoms with E-state index in [2.05, 4.69) is 19.2 Å². The van der Waals surface area contributed by atoms with Gasteiger partial charge < -0.3 is 24.4 Å². The number of carbonyl (C=O) groups excluding carboxylic acids is 1. The maximum atomic E-state index is 12.5. The Bertz CT molecular complexity index is 485. The SMILES string of the molecule is CC(C)(C)OC(=O)N1CC(CCCNCC2COC(C)(C)O2)CC1(C)C. The molecular formula is C20H38N2O4. The Morgan fingerprint density at radius 2 is 1.96 bits per heavy atom. The molecule has 0 aromatic carbocycles. The van der Waals surface area contributed by atoms with Crippen molar-refractivity contribution in [3.63, 3.8) is 0 Å². The topological polar surface area (TPSA) is 60.0 Å². The van der Waals surface area contributed by atoms with Crippen molar-refractivity contribution in [1.29, 1.82) is 0 Å². The third-order valence-corrected chi connectivity index (χ3v) is 4.98. The molecule has 6 heteroatoms. The lowest BCUT2D eigenvalue weighted by Crippen LogP contribution is -2.45. The van der Waals surface area contributed by atoms with Gasteiger partial charge in [-0.3, -0.25) is 0 Å². The van der Waals surface area contributed by atoms with Crippen LogP contribution in [0.2, 0.25) is 0 Å². The van der Waals surface area contributed by atoms with Gasteiger partial charge in [0.1, 0.15) is 5.60 Å². The van der Waals surface area contributed by atoms with Crippen molar-refractivity contribution >= 4 is 6.09 Å². The largest absolute Gasteiger partial charge is 0.444 e. The van der Waals surface area contributed by atoms with Crippen molar-refractivity contribution in [2.24, 2.45) is 5.92 Å². The van der Waals surface area contributed by atoms with E-state index in [0.29, 0.717) is 12.5 Å². The van der Waals surface area contributed by atoms with Crippen molar-refractivity contribution in [2.45, 2.75) is 90.8 Å². The highest BCUT2D eigenvalue weighted by Crippen LogP contribution is 2.36. The average Bonchev–Trinajstić information content (AvgIpc) is 2.95. The summed E-state index contributed by atoms with van der Waals surface area (Å²) in [6.07, 6.45) is 3.19. The first-order valence-electron chi connectivity index (χ1n) is 9.91. The molecule has 2 unspecified atom stereocenters. The molecule has 152 valence electrons. The standard InChI is InChI=1S/C20H38N2O4/c1-18(2,3)26-17(23)22-13-15(11-19(22,4)5)9-8-10-21-12-16-14-24-20(6,7)25-16/h15-16,21H,8-14H2,1-7H3. The lowest BCUT2D eigenvalue weighted by atomic mass is 9.93. The summed E-state index contributed by atoms with van der Waals surface area (Å²) in [7, 11) is 0. The molecule has 0 aliphatic carbocycles. The second-order valence-electron chi connectivity index (χ2n) is 9.77. The minimum absolute atomic E-state index is 0.137. The molecule has 1 amide bonds. The first-order chi connectivity index (χ1) is 11.9. The first kappa shape index (κ1) is 21.5. The lowest BCUT2D eigenvalue weighted by molar-refractivity contribution is -0.137. The first-order valence-corrected chi connectivity index (χ1v) is 9.91. The molecule has 0 saturated carbocycles. The zero-order valence-electron chi connectivity index (χ0n) is 17.7. The fraction of sp³-hybridized carbons (Fsp3) is 0.950. The molecule has 0 aromatic rings. The molecule has 2 aliphatic rings. The smallest absolute Gasteiger partial charge is 0.410 e. The van der Waals surface area contributed by atoms with E-state index < -0.39 is 11.4 Å². The monoisotopic (exact) mass is 370 g/mol. The molecule has 0 radical (unpaired) electrons. The molecule has 26 heavy (non-hydrogen) atoms. The molecule has 6 nitrogen and oxygen atoms in total. The van der Waals surface area contributed by atoms with Crippen LogP contribution in [0.15, 0.2) is 0 Å². The molecule has 2 aliphatic heterocycles. The van der Waals surface area contributed by atoms with Crippen LogP contribution in [0.3, 0.4) is 0 Å². The number of ether oxygens (including phenoxy) is 3. The van der Waals surface area contributed by atoms with Crippen LogP contribution < -0.4 is 5.32 Å². The summed E-state index contributed by atoms with van der Waals surface area (Å²) in [5.74, 6) is 0.0803. The molecule has 2 atom stereocenters. The van der Waals surface area contributed by atoms with Crippen molar-refractivity contribution in [1.82, 2.24) is 10.2 Å². The van der Waals surface area contributed by atoms with Gasteiger partial charge in [-0.05, 0) is 80.2 Å². The van der Waals surface area contributed by atoms with E-state index in [-0.39, 0.29) is 17.7 Å². The van der Waals surface area contributed by atoms with E-state index in [0.717, 1.165) is 38.9 Å². The van der Waals surface area contributed by atoms with Gasteiger partial charge in [0.15, 0.2) is 5.79 Å². The number of hydrogen-bond acceptors (Lipinski definition) is 5. The average molecular weight is 371 g/mol.